The molecular weight excluding hydrogens is 236 g/mol. The number of alkyl carbamates (subject to hydrolysis) is 1. The second kappa shape index (κ2) is 7.20. The van der Waals surface area contributed by atoms with Crippen LogP contribution in [0.15, 0.2) is 0 Å². The van der Waals surface area contributed by atoms with Crippen molar-refractivity contribution in [3.8, 4) is 0 Å². The lowest BCUT2D eigenvalue weighted by molar-refractivity contribution is -0.125. The average molecular weight is 260 g/mol. The topological polar surface area (TPSA) is 76.7 Å². The number of carbonyl (C=O) groups excluding carboxylic acids is 2. The van der Waals surface area contributed by atoms with Gasteiger partial charge in [-0.1, -0.05) is 13.8 Å². The molecule has 0 heterocycles. The predicted molar refractivity (Wildman–Crippen MR) is 68.0 cm³/mol. The molecule has 6 heteroatoms. The summed E-state index contributed by atoms with van der Waals surface area (Å²) < 4.78 is 9.86. The van der Waals surface area contributed by atoms with Crippen LogP contribution < -0.4 is 10.6 Å². The number of ether oxygens (including phenoxy) is 2. The van der Waals surface area contributed by atoms with Crippen molar-refractivity contribution >= 4 is 12.0 Å². The van der Waals surface area contributed by atoms with E-state index in [1.807, 2.05) is 13.8 Å². The van der Waals surface area contributed by atoms with Crippen LogP contribution in [0.2, 0.25) is 0 Å². The quantitative estimate of drug-likeness (QED) is 0.729. The molecule has 2 N–H and O–H groups in total. The van der Waals surface area contributed by atoms with E-state index in [4.69, 9.17) is 9.47 Å². The van der Waals surface area contributed by atoms with Crippen molar-refractivity contribution in [2.45, 2.75) is 46.3 Å². The Kier molecular flexibility index (Phi) is 6.68. The molecule has 0 fully saturated rings. The van der Waals surface area contributed by atoms with Crippen molar-refractivity contribution in [1.82, 2.24) is 10.6 Å². The molecule has 0 aromatic heterocycles. The van der Waals surface area contributed by atoms with E-state index in [0.717, 1.165) is 0 Å². The Balaban J connectivity index is 4.45. The highest BCUT2D eigenvalue weighted by molar-refractivity contribution is 5.85. The van der Waals surface area contributed by atoms with Gasteiger partial charge in [0.05, 0.1) is 0 Å². The summed E-state index contributed by atoms with van der Waals surface area (Å²) in [6.07, 6.45) is -0.603. The largest absolute Gasteiger partial charge is 0.444 e. The van der Waals surface area contributed by atoms with Crippen molar-refractivity contribution in [1.29, 1.82) is 0 Å². The predicted octanol–water partition coefficient (Wildman–Crippen LogP) is 1.26. The molecule has 6 nitrogen and oxygen atoms in total. The molecule has 0 aromatic rings. The molecular formula is C12H24N2O4. The highest BCUT2D eigenvalue weighted by atomic mass is 16.6. The zero-order valence-corrected chi connectivity index (χ0v) is 12.0. The second-order valence-electron chi connectivity index (χ2n) is 5.34. The molecule has 0 bridgehead atoms. The summed E-state index contributed by atoms with van der Waals surface area (Å²) in [7, 11) is 1.48. The smallest absolute Gasteiger partial charge is 0.408 e. The third-order valence-corrected chi connectivity index (χ3v) is 2.01. The van der Waals surface area contributed by atoms with Gasteiger partial charge >= 0.3 is 6.09 Å². The molecule has 0 spiro atoms. The monoisotopic (exact) mass is 260 g/mol. The van der Waals surface area contributed by atoms with Crippen LogP contribution in [-0.2, 0) is 14.3 Å². The first kappa shape index (κ1) is 16.7. The summed E-state index contributed by atoms with van der Waals surface area (Å²) in [4.78, 5) is 23.4. The first-order valence-corrected chi connectivity index (χ1v) is 5.93. The summed E-state index contributed by atoms with van der Waals surface area (Å²) in [5, 5.41) is 5.10. The average Bonchev–Trinajstić information content (AvgIpc) is 2.19. The molecule has 0 rings (SSSR count). The maximum absolute atomic E-state index is 11.8. The molecule has 0 aliphatic rings. The summed E-state index contributed by atoms with van der Waals surface area (Å²) >= 11 is 0. The fourth-order valence-corrected chi connectivity index (χ4v) is 1.22. The molecule has 0 radical (unpaired) electrons. The van der Waals surface area contributed by atoms with Crippen LogP contribution in [0.4, 0.5) is 4.79 Å². The van der Waals surface area contributed by atoms with Gasteiger partial charge in [-0.2, -0.15) is 0 Å². The van der Waals surface area contributed by atoms with E-state index in [1.54, 1.807) is 20.8 Å². The Morgan fingerprint density at radius 2 is 1.78 bits per heavy atom. The van der Waals surface area contributed by atoms with Crippen LogP contribution in [0.3, 0.4) is 0 Å². The number of carbonyl (C=O) groups is 2. The molecule has 0 saturated carbocycles. The molecule has 0 aromatic carbocycles. The number of hydrogen-bond donors (Lipinski definition) is 2. The van der Waals surface area contributed by atoms with Gasteiger partial charge in [-0.25, -0.2) is 4.79 Å². The fourth-order valence-electron chi connectivity index (χ4n) is 1.22. The maximum atomic E-state index is 11.8. The Morgan fingerprint density at radius 3 is 2.17 bits per heavy atom. The zero-order chi connectivity index (χ0) is 14.3. The highest BCUT2D eigenvalue weighted by Gasteiger charge is 2.26. The Labute approximate surface area is 108 Å². The Morgan fingerprint density at radius 1 is 1.22 bits per heavy atom. The van der Waals surface area contributed by atoms with E-state index in [0.29, 0.717) is 0 Å². The van der Waals surface area contributed by atoms with Gasteiger partial charge in [-0.3, -0.25) is 4.79 Å². The van der Waals surface area contributed by atoms with Crippen molar-refractivity contribution in [2.75, 3.05) is 13.8 Å². The van der Waals surface area contributed by atoms with E-state index in [9.17, 15) is 9.59 Å². The third kappa shape index (κ3) is 7.11. The number of methoxy groups -OCH3 is 1. The molecule has 18 heavy (non-hydrogen) atoms. The number of hydrogen-bond acceptors (Lipinski definition) is 4. The van der Waals surface area contributed by atoms with E-state index < -0.39 is 17.7 Å². The highest BCUT2D eigenvalue weighted by Crippen LogP contribution is 2.08. The second-order valence-corrected chi connectivity index (χ2v) is 5.34. The first-order valence-electron chi connectivity index (χ1n) is 5.93. The van der Waals surface area contributed by atoms with Gasteiger partial charge in [0.15, 0.2) is 0 Å². The van der Waals surface area contributed by atoms with Crippen LogP contribution in [-0.4, -0.2) is 37.5 Å². The van der Waals surface area contributed by atoms with Gasteiger partial charge in [0.25, 0.3) is 0 Å². The lowest BCUT2D eigenvalue weighted by Crippen LogP contribution is -2.51. The van der Waals surface area contributed by atoms with Gasteiger partial charge in [-0.05, 0) is 26.7 Å². The van der Waals surface area contributed by atoms with Crippen LogP contribution in [0.5, 0.6) is 0 Å². The molecule has 0 aliphatic heterocycles. The zero-order valence-electron chi connectivity index (χ0n) is 12.0. The van der Waals surface area contributed by atoms with Gasteiger partial charge in [0.2, 0.25) is 5.91 Å². The van der Waals surface area contributed by atoms with E-state index >= 15 is 0 Å². The van der Waals surface area contributed by atoms with E-state index in [2.05, 4.69) is 10.6 Å². The van der Waals surface area contributed by atoms with Crippen molar-refractivity contribution < 1.29 is 19.1 Å². The first-order chi connectivity index (χ1) is 8.17. The standard InChI is InChI=1S/C12H24N2O4/c1-8(2)9(10(15)13-7-17-6)14-11(16)18-12(3,4)5/h8-9H,7H2,1-6H3,(H,13,15)(H,14,16). The summed E-state index contributed by atoms with van der Waals surface area (Å²) in [5.41, 5.74) is -0.589. The molecule has 0 saturated heterocycles. The molecule has 1 atom stereocenters. The van der Waals surface area contributed by atoms with E-state index in [-0.39, 0.29) is 18.6 Å². The fraction of sp³-hybridized carbons (Fsp3) is 0.833. The van der Waals surface area contributed by atoms with Gasteiger partial charge in [0.1, 0.15) is 18.4 Å². The molecule has 2 amide bonds. The van der Waals surface area contributed by atoms with Crippen LogP contribution >= 0.6 is 0 Å². The van der Waals surface area contributed by atoms with Crippen molar-refractivity contribution in [2.24, 2.45) is 5.92 Å². The third-order valence-electron chi connectivity index (χ3n) is 2.01. The minimum atomic E-state index is -0.644. The number of rotatable bonds is 5. The minimum absolute atomic E-state index is 0.0469. The van der Waals surface area contributed by atoms with Gasteiger partial charge in [-0.15, -0.1) is 0 Å². The summed E-state index contributed by atoms with van der Waals surface area (Å²) in [6.45, 7) is 9.09. The summed E-state index contributed by atoms with van der Waals surface area (Å²) in [6, 6.07) is -0.644. The Bertz CT molecular complexity index is 284. The molecule has 1 unspecified atom stereocenters. The maximum Gasteiger partial charge on any atom is 0.408 e. The minimum Gasteiger partial charge on any atom is -0.444 e. The Hall–Kier alpha value is -1.30. The van der Waals surface area contributed by atoms with E-state index in [1.165, 1.54) is 7.11 Å². The molecule has 0 aliphatic carbocycles. The van der Waals surface area contributed by atoms with Crippen LogP contribution in [0.25, 0.3) is 0 Å². The number of amides is 2. The lowest BCUT2D eigenvalue weighted by atomic mass is 10.0. The van der Waals surface area contributed by atoms with Gasteiger partial charge < -0.3 is 20.1 Å². The summed E-state index contributed by atoms with van der Waals surface area (Å²) in [5.74, 6) is -0.341. The van der Waals surface area contributed by atoms with Crippen molar-refractivity contribution in [3.05, 3.63) is 0 Å². The SMILES string of the molecule is COCNC(=O)C(NC(=O)OC(C)(C)C)C(C)C. The normalized spacial score (nSPS) is 13.1. The number of nitrogens with one attached hydrogen (secondary N) is 2. The van der Waals surface area contributed by atoms with Gasteiger partial charge in [0, 0.05) is 7.11 Å². The van der Waals surface area contributed by atoms with Crippen molar-refractivity contribution in [3.63, 3.8) is 0 Å². The van der Waals surface area contributed by atoms with Crippen LogP contribution in [0, 0.1) is 5.92 Å². The molecule has 106 valence electrons. The van der Waals surface area contributed by atoms with Crippen LogP contribution in [0.1, 0.15) is 34.6 Å². The lowest BCUT2D eigenvalue weighted by Gasteiger charge is -2.25.